The number of aliphatic carboxylic acids is 1. The van der Waals surface area contributed by atoms with Crippen LogP contribution in [0.3, 0.4) is 0 Å². The van der Waals surface area contributed by atoms with Gasteiger partial charge in [-0.1, -0.05) is 74.7 Å². The number of carbonyl (C=O) groups excluding carboxylic acids is 2. The summed E-state index contributed by atoms with van der Waals surface area (Å²) >= 11 is 0. The van der Waals surface area contributed by atoms with Crippen molar-refractivity contribution in [1.29, 1.82) is 0 Å². The van der Waals surface area contributed by atoms with Gasteiger partial charge in [-0.05, 0) is 85.6 Å². The van der Waals surface area contributed by atoms with Crippen molar-refractivity contribution in [2.75, 3.05) is 19.5 Å². The highest BCUT2D eigenvalue weighted by Gasteiger charge is 2.49. The van der Waals surface area contributed by atoms with Crippen LogP contribution in [-0.2, 0) is 43.1 Å². The third kappa shape index (κ3) is 11.8. The minimum atomic E-state index is -3.82. The van der Waals surface area contributed by atoms with Crippen molar-refractivity contribution in [3.05, 3.63) is 126 Å². The number of sulfone groups is 1. The Morgan fingerprint density at radius 3 is 2.05 bits per heavy atom. The first-order valence-corrected chi connectivity index (χ1v) is 22.3. The van der Waals surface area contributed by atoms with E-state index in [9.17, 15) is 22.8 Å². The molecule has 0 aromatic heterocycles. The van der Waals surface area contributed by atoms with Crippen LogP contribution < -0.4 is 0 Å². The van der Waals surface area contributed by atoms with Gasteiger partial charge in [-0.25, -0.2) is 18.0 Å². The Morgan fingerprint density at radius 1 is 0.800 bits per heavy atom. The van der Waals surface area contributed by atoms with E-state index in [-0.39, 0.29) is 54.3 Å². The number of carboxylic acid groups (broad SMARTS) is 1. The minimum absolute atomic E-state index is 0.0422. The molecule has 1 N–H and O–H groups in total. The molecule has 3 heterocycles. The molecule has 3 fully saturated rings. The Morgan fingerprint density at radius 2 is 1.42 bits per heavy atom. The van der Waals surface area contributed by atoms with Gasteiger partial charge in [-0.15, -0.1) is 0 Å². The molecule has 0 amide bonds. The fraction of sp³-hybridized carbons (Fsp3) is 0.468. The highest BCUT2D eigenvalue weighted by molar-refractivity contribution is 7.91. The van der Waals surface area contributed by atoms with Gasteiger partial charge in [0.1, 0.15) is 12.7 Å². The van der Waals surface area contributed by atoms with Crippen molar-refractivity contribution < 1.29 is 56.3 Å². The third-order valence-corrected chi connectivity index (χ3v) is 13.6. The van der Waals surface area contributed by atoms with Crippen molar-refractivity contribution in [3.8, 4) is 0 Å². The molecule has 12 nitrogen and oxygen atoms in total. The van der Waals surface area contributed by atoms with E-state index in [0.29, 0.717) is 43.2 Å². The van der Waals surface area contributed by atoms with Crippen LogP contribution in [0.4, 0.5) is 0 Å². The number of hydrogen-bond donors (Lipinski definition) is 1. The van der Waals surface area contributed by atoms with Crippen LogP contribution in [0, 0.1) is 11.8 Å². The molecular weight excluding hydrogens is 789 g/mol. The summed E-state index contributed by atoms with van der Waals surface area (Å²) in [5.41, 5.74) is 2.49. The molecule has 6 rings (SSSR count). The molecule has 10 atom stereocenters. The van der Waals surface area contributed by atoms with E-state index in [4.69, 9.17) is 33.5 Å². The number of methoxy groups -OCH3 is 1. The van der Waals surface area contributed by atoms with E-state index < -0.39 is 64.2 Å². The average Bonchev–Trinajstić information content (AvgIpc) is 3.77. The zero-order chi connectivity index (χ0) is 42.8. The lowest BCUT2D eigenvalue weighted by atomic mass is 9.83. The monoisotopic (exact) mass is 844 g/mol. The molecule has 0 aliphatic carbocycles. The maximum atomic E-state index is 14.0. The van der Waals surface area contributed by atoms with E-state index in [1.807, 2.05) is 0 Å². The lowest BCUT2D eigenvalue weighted by Gasteiger charge is -2.38. The van der Waals surface area contributed by atoms with Gasteiger partial charge in [0.2, 0.25) is 0 Å². The molecule has 3 aromatic rings. The quantitative estimate of drug-likeness (QED) is 0.0941. The molecule has 322 valence electrons. The van der Waals surface area contributed by atoms with E-state index in [1.165, 1.54) is 7.11 Å². The van der Waals surface area contributed by atoms with Crippen molar-refractivity contribution >= 4 is 27.7 Å². The molecule has 0 saturated carbocycles. The lowest BCUT2D eigenvalue weighted by Crippen LogP contribution is -2.40. The molecule has 60 heavy (non-hydrogen) atoms. The van der Waals surface area contributed by atoms with E-state index in [1.54, 1.807) is 91.0 Å². The van der Waals surface area contributed by atoms with Crippen molar-refractivity contribution in [2.45, 2.75) is 112 Å². The van der Waals surface area contributed by atoms with E-state index >= 15 is 0 Å². The molecule has 3 aliphatic rings. The fourth-order valence-corrected chi connectivity index (χ4v) is 10.2. The Bertz CT molecular complexity index is 2040. The summed E-state index contributed by atoms with van der Waals surface area (Å²) in [7, 11) is -2.32. The molecule has 13 heteroatoms. The fourth-order valence-electron chi connectivity index (χ4n) is 8.55. The van der Waals surface area contributed by atoms with Gasteiger partial charge in [0.25, 0.3) is 0 Å². The lowest BCUT2D eigenvalue weighted by molar-refractivity contribution is -0.137. The standard InChI is InChI=1S/C47H56O12S/c1-30-24-35(20-22-40-31(2)25-36(56-40)21-23-44(48)49)57-41(32(30)3)27-42-39(29-60(52,53)38-18-12-7-13-19-38)45(54-4)43(59-42)26-37(58-47(51)34-16-10-6-11-17-34)28-55-46(50)33-14-8-5-9-15-33/h5-19,30,35-37,39-43,45H,2-3,20-29H2,1,4H3,(H,48,49)/t30-,35+,36+,37+,39?,40+,41?,42?,43-,45-/m1/s1. The number of carbonyl (C=O) groups is 3. The first kappa shape index (κ1) is 44.9. The molecule has 3 unspecified atom stereocenters. The van der Waals surface area contributed by atoms with Gasteiger partial charge >= 0.3 is 17.9 Å². The van der Waals surface area contributed by atoms with Gasteiger partial charge in [0, 0.05) is 32.3 Å². The predicted octanol–water partition coefficient (Wildman–Crippen LogP) is 7.43. The second-order valence-electron chi connectivity index (χ2n) is 16.1. The molecule has 3 aromatic carbocycles. The Labute approximate surface area is 352 Å². The Hall–Kier alpha value is -4.66. The highest BCUT2D eigenvalue weighted by atomic mass is 32.2. The number of esters is 2. The Kier molecular flexibility index (Phi) is 15.5. The molecular formula is C47H56O12S. The number of ether oxygens (including phenoxy) is 6. The topological polar surface area (TPSA) is 161 Å². The summed E-state index contributed by atoms with van der Waals surface area (Å²) in [6.45, 7) is 10.4. The summed E-state index contributed by atoms with van der Waals surface area (Å²) in [5.74, 6) is -2.89. The molecule has 3 aliphatic heterocycles. The largest absolute Gasteiger partial charge is 0.481 e. The van der Waals surface area contributed by atoms with E-state index in [2.05, 4.69) is 20.1 Å². The minimum Gasteiger partial charge on any atom is -0.481 e. The zero-order valence-corrected chi connectivity index (χ0v) is 35.1. The first-order valence-electron chi connectivity index (χ1n) is 20.6. The van der Waals surface area contributed by atoms with Crippen LogP contribution in [-0.4, -0.2) is 99.7 Å². The second kappa shape index (κ2) is 20.7. The van der Waals surface area contributed by atoms with Crippen LogP contribution in [0.2, 0.25) is 0 Å². The van der Waals surface area contributed by atoms with Gasteiger partial charge in [0.15, 0.2) is 9.84 Å². The van der Waals surface area contributed by atoms with Crippen molar-refractivity contribution in [2.24, 2.45) is 11.8 Å². The number of hydrogen-bond acceptors (Lipinski definition) is 11. The van der Waals surface area contributed by atoms with Gasteiger partial charge < -0.3 is 33.5 Å². The number of benzene rings is 3. The van der Waals surface area contributed by atoms with Crippen molar-refractivity contribution in [3.63, 3.8) is 0 Å². The average molecular weight is 845 g/mol. The maximum absolute atomic E-state index is 14.0. The van der Waals surface area contributed by atoms with Crippen LogP contribution in [0.1, 0.15) is 79.0 Å². The second-order valence-corrected chi connectivity index (χ2v) is 18.1. The summed E-state index contributed by atoms with van der Waals surface area (Å²) in [4.78, 5) is 37.7. The number of rotatable bonds is 19. The van der Waals surface area contributed by atoms with Crippen molar-refractivity contribution in [1.82, 2.24) is 0 Å². The smallest absolute Gasteiger partial charge is 0.338 e. The summed E-state index contributed by atoms with van der Waals surface area (Å²) in [6.07, 6.45) is -0.562. The predicted molar refractivity (Wildman–Crippen MR) is 223 cm³/mol. The normalized spacial score (nSPS) is 27.3. The molecule has 0 bridgehead atoms. The molecule has 3 saturated heterocycles. The van der Waals surface area contributed by atoms with Crippen LogP contribution >= 0.6 is 0 Å². The number of carboxylic acids is 1. The highest BCUT2D eigenvalue weighted by Crippen LogP contribution is 2.41. The van der Waals surface area contributed by atoms with Crippen LogP contribution in [0.5, 0.6) is 0 Å². The molecule has 0 spiro atoms. The van der Waals surface area contributed by atoms with Gasteiger partial charge in [-0.2, -0.15) is 0 Å². The van der Waals surface area contributed by atoms with E-state index in [0.717, 1.165) is 17.6 Å². The summed E-state index contributed by atoms with van der Waals surface area (Å²) in [6, 6.07) is 25.2. The van der Waals surface area contributed by atoms with Crippen LogP contribution in [0.25, 0.3) is 0 Å². The Balaban J connectivity index is 1.21. The van der Waals surface area contributed by atoms with Crippen LogP contribution in [0.15, 0.2) is 120 Å². The van der Waals surface area contributed by atoms with Gasteiger partial charge in [-0.3, -0.25) is 4.79 Å². The SMILES string of the molecule is C=C1C(CC2O[C@H](C[C@@H](COC(=O)c3ccccc3)OC(=O)c3ccccc3)[C@H](OC)C2CS(=O)(=O)c2ccccc2)O[C@@H](CC[C@@H]2O[C@@H](CCC(=O)O)CC2=C)C[C@H]1C. The summed E-state index contributed by atoms with van der Waals surface area (Å²) < 4.78 is 65.4. The third-order valence-electron chi connectivity index (χ3n) is 11.8. The zero-order valence-electron chi connectivity index (χ0n) is 34.3. The summed E-state index contributed by atoms with van der Waals surface area (Å²) in [5, 5.41) is 9.12. The van der Waals surface area contributed by atoms with Gasteiger partial charge in [0.05, 0.1) is 64.5 Å². The molecule has 0 radical (unpaired) electrons. The maximum Gasteiger partial charge on any atom is 0.338 e. The first-order chi connectivity index (χ1) is 28.8.